The first-order valence-corrected chi connectivity index (χ1v) is 7.75. The second kappa shape index (κ2) is 6.53. The second-order valence-corrected chi connectivity index (χ2v) is 7.24. The Labute approximate surface area is 118 Å². The van der Waals surface area contributed by atoms with Gasteiger partial charge in [0.1, 0.15) is 0 Å². The smallest absolute Gasteiger partial charge is 0.0594 e. The number of likely N-dealkylation sites (tertiary alicyclic amines) is 1. The molecule has 2 unspecified atom stereocenters. The topological polar surface area (TPSA) is 41.7 Å². The fourth-order valence-corrected chi connectivity index (χ4v) is 3.41. The molecular weight excluding hydrogens is 238 g/mol. The molecular formula is C15H31N3O. The van der Waals surface area contributed by atoms with Gasteiger partial charge in [-0.25, -0.2) is 0 Å². The third kappa shape index (κ3) is 4.42. The maximum absolute atomic E-state index is 6.01. The van der Waals surface area contributed by atoms with Crippen molar-refractivity contribution in [2.75, 3.05) is 45.9 Å². The fraction of sp³-hybridized carbons (Fsp3) is 1.00. The molecule has 0 saturated carbocycles. The van der Waals surface area contributed by atoms with Gasteiger partial charge in [-0.15, -0.1) is 0 Å². The minimum absolute atomic E-state index is 0.362. The molecule has 2 N–H and O–H groups in total. The zero-order valence-corrected chi connectivity index (χ0v) is 12.9. The van der Waals surface area contributed by atoms with Gasteiger partial charge in [0.05, 0.1) is 13.2 Å². The van der Waals surface area contributed by atoms with Crippen molar-refractivity contribution in [1.29, 1.82) is 0 Å². The van der Waals surface area contributed by atoms with Crippen molar-refractivity contribution >= 4 is 0 Å². The van der Waals surface area contributed by atoms with Crippen molar-refractivity contribution < 1.29 is 4.74 Å². The summed E-state index contributed by atoms with van der Waals surface area (Å²) >= 11 is 0. The van der Waals surface area contributed by atoms with Crippen molar-refractivity contribution in [3.8, 4) is 0 Å². The molecule has 0 spiro atoms. The van der Waals surface area contributed by atoms with E-state index in [4.69, 9.17) is 10.5 Å². The van der Waals surface area contributed by atoms with E-state index in [2.05, 4.69) is 30.6 Å². The number of hydrogen-bond donors (Lipinski definition) is 1. The molecule has 2 aliphatic heterocycles. The molecule has 0 amide bonds. The highest BCUT2D eigenvalue weighted by molar-refractivity contribution is 4.89. The molecule has 0 aromatic carbocycles. The van der Waals surface area contributed by atoms with Crippen LogP contribution in [0.1, 0.15) is 33.6 Å². The van der Waals surface area contributed by atoms with Crippen molar-refractivity contribution in [3.05, 3.63) is 0 Å². The van der Waals surface area contributed by atoms with Gasteiger partial charge in [-0.05, 0) is 18.3 Å². The SMILES string of the molecule is CC(C)(C)CC(CN)N1CCC(N2CCOCC2)C1. The molecule has 4 heteroatoms. The molecule has 2 rings (SSSR count). The van der Waals surface area contributed by atoms with Crippen molar-refractivity contribution in [1.82, 2.24) is 9.80 Å². The lowest BCUT2D eigenvalue weighted by Gasteiger charge is -2.35. The van der Waals surface area contributed by atoms with Crippen molar-refractivity contribution in [3.63, 3.8) is 0 Å². The van der Waals surface area contributed by atoms with Gasteiger partial charge in [-0.2, -0.15) is 0 Å². The summed E-state index contributed by atoms with van der Waals surface area (Å²) in [5.41, 5.74) is 6.37. The summed E-state index contributed by atoms with van der Waals surface area (Å²) in [5.74, 6) is 0. The summed E-state index contributed by atoms with van der Waals surface area (Å²) < 4.78 is 5.45. The first-order valence-electron chi connectivity index (χ1n) is 7.75. The number of nitrogens with zero attached hydrogens (tertiary/aromatic N) is 2. The Bertz CT molecular complexity index is 271. The van der Waals surface area contributed by atoms with Gasteiger partial charge in [0, 0.05) is 44.8 Å². The zero-order valence-electron chi connectivity index (χ0n) is 12.9. The predicted molar refractivity (Wildman–Crippen MR) is 79.3 cm³/mol. The van der Waals surface area contributed by atoms with E-state index in [1.54, 1.807) is 0 Å². The molecule has 0 bridgehead atoms. The van der Waals surface area contributed by atoms with Gasteiger partial charge >= 0.3 is 0 Å². The molecule has 0 aromatic rings. The molecule has 2 fully saturated rings. The van der Waals surface area contributed by atoms with Crippen molar-refractivity contribution in [2.45, 2.75) is 45.7 Å². The number of hydrogen-bond acceptors (Lipinski definition) is 4. The maximum atomic E-state index is 6.01. The molecule has 0 aromatic heterocycles. The van der Waals surface area contributed by atoms with Gasteiger partial charge in [0.15, 0.2) is 0 Å². The van der Waals surface area contributed by atoms with Gasteiger partial charge in [0.2, 0.25) is 0 Å². The minimum atomic E-state index is 0.362. The van der Waals surface area contributed by atoms with Gasteiger partial charge in [0.25, 0.3) is 0 Å². The quantitative estimate of drug-likeness (QED) is 0.831. The van der Waals surface area contributed by atoms with Gasteiger partial charge in [-0.3, -0.25) is 9.80 Å². The van der Waals surface area contributed by atoms with Crippen LogP contribution >= 0.6 is 0 Å². The normalized spacial score (nSPS) is 28.7. The summed E-state index contributed by atoms with van der Waals surface area (Å²) in [5, 5.41) is 0. The van der Waals surface area contributed by atoms with Crippen LogP contribution in [0.5, 0.6) is 0 Å². The molecule has 19 heavy (non-hydrogen) atoms. The van der Waals surface area contributed by atoms with Crippen LogP contribution in [-0.2, 0) is 4.74 Å². The summed E-state index contributed by atoms with van der Waals surface area (Å²) in [7, 11) is 0. The first kappa shape index (κ1) is 15.2. The van der Waals surface area contributed by atoms with Crippen LogP contribution in [0.4, 0.5) is 0 Å². The van der Waals surface area contributed by atoms with E-state index in [1.165, 1.54) is 25.9 Å². The second-order valence-electron chi connectivity index (χ2n) is 7.24. The Hall–Kier alpha value is -0.160. The van der Waals surface area contributed by atoms with Gasteiger partial charge < -0.3 is 10.5 Å². The van der Waals surface area contributed by atoms with Crippen LogP contribution in [-0.4, -0.2) is 67.8 Å². The van der Waals surface area contributed by atoms with Crippen LogP contribution in [0.15, 0.2) is 0 Å². The zero-order chi connectivity index (χ0) is 13.9. The highest BCUT2D eigenvalue weighted by atomic mass is 16.5. The van der Waals surface area contributed by atoms with Gasteiger partial charge in [-0.1, -0.05) is 20.8 Å². The summed E-state index contributed by atoms with van der Waals surface area (Å²) in [6.07, 6.45) is 2.49. The highest BCUT2D eigenvalue weighted by Crippen LogP contribution is 2.26. The molecule has 2 aliphatic rings. The number of rotatable bonds is 4. The third-order valence-corrected chi connectivity index (χ3v) is 4.39. The van der Waals surface area contributed by atoms with Crippen LogP contribution in [0.25, 0.3) is 0 Å². The average molecular weight is 269 g/mol. The molecule has 0 aliphatic carbocycles. The Morgan fingerprint density at radius 1 is 1.21 bits per heavy atom. The van der Waals surface area contributed by atoms with Crippen LogP contribution in [0, 0.1) is 5.41 Å². The van der Waals surface area contributed by atoms with Crippen LogP contribution < -0.4 is 5.73 Å². The Morgan fingerprint density at radius 2 is 1.89 bits per heavy atom. The molecule has 0 radical (unpaired) electrons. The summed E-state index contributed by atoms with van der Waals surface area (Å²) in [6.45, 7) is 14.1. The number of morpholine rings is 1. The fourth-order valence-electron chi connectivity index (χ4n) is 3.41. The Morgan fingerprint density at radius 3 is 2.47 bits per heavy atom. The summed E-state index contributed by atoms with van der Waals surface area (Å²) in [4.78, 5) is 5.22. The Kier molecular flexibility index (Phi) is 5.23. The van der Waals surface area contributed by atoms with E-state index in [1.807, 2.05) is 0 Å². The lowest BCUT2D eigenvalue weighted by Crippen LogP contribution is -2.47. The van der Waals surface area contributed by atoms with E-state index in [0.29, 0.717) is 11.5 Å². The predicted octanol–water partition coefficient (Wildman–Crippen LogP) is 1.16. The van der Waals surface area contributed by atoms with E-state index < -0.39 is 0 Å². The molecule has 4 nitrogen and oxygen atoms in total. The van der Waals surface area contributed by atoms with E-state index in [0.717, 1.165) is 38.9 Å². The van der Waals surface area contributed by atoms with E-state index in [-0.39, 0.29) is 0 Å². The number of ether oxygens (including phenoxy) is 1. The van der Waals surface area contributed by atoms with Crippen molar-refractivity contribution in [2.24, 2.45) is 11.1 Å². The number of nitrogens with two attached hydrogens (primary N) is 1. The minimum Gasteiger partial charge on any atom is -0.379 e. The van der Waals surface area contributed by atoms with Crippen LogP contribution in [0.2, 0.25) is 0 Å². The molecule has 112 valence electrons. The van der Waals surface area contributed by atoms with Crippen LogP contribution in [0.3, 0.4) is 0 Å². The highest BCUT2D eigenvalue weighted by Gasteiger charge is 2.33. The lowest BCUT2D eigenvalue weighted by atomic mass is 9.87. The first-order chi connectivity index (χ1) is 8.99. The third-order valence-electron chi connectivity index (χ3n) is 4.39. The maximum Gasteiger partial charge on any atom is 0.0594 e. The standard InChI is InChI=1S/C15H31N3O/c1-15(2,3)10-14(11-16)18-5-4-13(12-18)17-6-8-19-9-7-17/h13-14H,4-12,16H2,1-3H3. The average Bonchev–Trinajstić information content (AvgIpc) is 2.85. The largest absolute Gasteiger partial charge is 0.379 e. The molecule has 2 atom stereocenters. The van der Waals surface area contributed by atoms with E-state index in [9.17, 15) is 0 Å². The lowest BCUT2D eigenvalue weighted by molar-refractivity contribution is 0.0172. The molecule has 2 saturated heterocycles. The summed E-state index contributed by atoms with van der Waals surface area (Å²) in [6, 6.07) is 1.27. The molecule has 2 heterocycles. The monoisotopic (exact) mass is 269 g/mol. The van der Waals surface area contributed by atoms with E-state index >= 15 is 0 Å². The Balaban J connectivity index is 1.85.